The molecule has 2 rings (SSSR count). The van der Waals surface area contributed by atoms with Gasteiger partial charge in [0.25, 0.3) is 0 Å². The summed E-state index contributed by atoms with van der Waals surface area (Å²) in [5.41, 5.74) is 3.25. The molecule has 0 spiro atoms. The summed E-state index contributed by atoms with van der Waals surface area (Å²) >= 11 is 0. The molecule has 140 valence electrons. The average molecular weight is 354 g/mol. The number of benzene rings is 2. The Bertz CT molecular complexity index is 696. The van der Waals surface area contributed by atoms with Crippen molar-refractivity contribution in [3.63, 3.8) is 0 Å². The van der Waals surface area contributed by atoms with Crippen LogP contribution in [0.5, 0.6) is 5.75 Å². The molecule has 2 N–H and O–H groups in total. The number of methoxy groups -OCH3 is 1. The lowest BCUT2D eigenvalue weighted by atomic mass is 9.94. The molecule has 2 aromatic carbocycles. The van der Waals surface area contributed by atoms with E-state index in [0.29, 0.717) is 17.4 Å². The third-order valence-electron chi connectivity index (χ3n) is 4.41. The fourth-order valence-electron chi connectivity index (χ4n) is 3.06. The number of para-hydroxylation sites is 2. The molecule has 1 amide bonds. The maximum Gasteiger partial charge on any atom is 0.238 e. The van der Waals surface area contributed by atoms with E-state index in [1.165, 1.54) is 11.1 Å². The fraction of sp³-hybridized carbons (Fsp3) is 0.409. The Morgan fingerprint density at radius 2 is 1.77 bits per heavy atom. The third-order valence-corrected chi connectivity index (χ3v) is 4.41. The summed E-state index contributed by atoms with van der Waals surface area (Å²) in [6.45, 7) is 6.76. The summed E-state index contributed by atoms with van der Waals surface area (Å²) in [5, 5.41) is 6.30. The summed E-state index contributed by atoms with van der Waals surface area (Å²) in [6, 6.07) is 16.3. The monoisotopic (exact) mass is 354 g/mol. The first kappa shape index (κ1) is 20.0. The summed E-state index contributed by atoms with van der Waals surface area (Å²) in [6.07, 6.45) is 2.25. The second kappa shape index (κ2) is 9.97. The molecule has 1 atom stereocenters. The predicted octanol–water partition coefficient (Wildman–Crippen LogP) is 4.57. The van der Waals surface area contributed by atoms with Crippen molar-refractivity contribution in [1.29, 1.82) is 0 Å². The van der Waals surface area contributed by atoms with Crippen LogP contribution in [0.15, 0.2) is 48.5 Å². The van der Waals surface area contributed by atoms with Crippen molar-refractivity contribution in [1.82, 2.24) is 5.32 Å². The van der Waals surface area contributed by atoms with Gasteiger partial charge in [0.15, 0.2) is 0 Å². The lowest BCUT2D eigenvalue weighted by Gasteiger charge is -2.23. The Hall–Kier alpha value is -2.33. The summed E-state index contributed by atoms with van der Waals surface area (Å²) < 4.78 is 5.28. The smallest absolute Gasteiger partial charge is 0.238 e. The molecule has 0 aliphatic heterocycles. The van der Waals surface area contributed by atoms with Crippen LogP contribution in [0.4, 0.5) is 5.69 Å². The van der Waals surface area contributed by atoms with Crippen LogP contribution in [0.25, 0.3) is 0 Å². The highest BCUT2D eigenvalue weighted by atomic mass is 16.5. The van der Waals surface area contributed by atoms with Crippen molar-refractivity contribution in [3.05, 3.63) is 59.7 Å². The van der Waals surface area contributed by atoms with Gasteiger partial charge in [-0.15, -0.1) is 0 Å². The van der Waals surface area contributed by atoms with Crippen LogP contribution in [-0.4, -0.2) is 19.6 Å². The van der Waals surface area contributed by atoms with Crippen LogP contribution in [0.3, 0.4) is 0 Å². The zero-order valence-corrected chi connectivity index (χ0v) is 16.2. The van der Waals surface area contributed by atoms with E-state index < -0.39 is 0 Å². The van der Waals surface area contributed by atoms with E-state index in [4.69, 9.17) is 4.74 Å². The van der Waals surface area contributed by atoms with Gasteiger partial charge < -0.3 is 15.4 Å². The van der Waals surface area contributed by atoms with Crippen LogP contribution >= 0.6 is 0 Å². The first-order valence-electron chi connectivity index (χ1n) is 9.30. The van der Waals surface area contributed by atoms with Crippen molar-refractivity contribution in [2.75, 3.05) is 19.0 Å². The van der Waals surface area contributed by atoms with Crippen molar-refractivity contribution < 1.29 is 9.53 Å². The van der Waals surface area contributed by atoms with Crippen LogP contribution in [0, 0.1) is 5.92 Å². The molecule has 0 aliphatic rings. The standard InChI is InChI=1S/C22H30N2O2/c1-5-8-17-11-13-18(14-12-17)22(16(2)3)23-15-21(25)24-19-9-6-7-10-20(19)26-4/h6-7,9-14,16,22-23H,5,8,15H2,1-4H3,(H,24,25)/t22-/m0/s1. The van der Waals surface area contributed by atoms with E-state index in [2.05, 4.69) is 55.7 Å². The highest BCUT2D eigenvalue weighted by Crippen LogP contribution is 2.24. The molecule has 0 fully saturated rings. The first-order chi connectivity index (χ1) is 12.5. The van der Waals surface area contributed by atoms with Gasteiger partial charge in [0.1, 0.15) is 5.75 Å². The largest absolute Gasteiger partial charge is 0.495 e. The minimum absolute atomic E-state index is 0.0808. The van der Waals surface area contributed by atoms with Crippen LogP contribution in [0.2, 0.25) is 0 Å². The average Bonchev–Trinajstić information content (AvgIpc) is 2.63. The number of carbonyl (C=O) groups excluding carboxylic acids is 1. The summed E-state index contributed by atoms with van der Waals surface area (Å²) in [7, 11) is 1.60. The van der Waals surface area contributed by atoms with Crippen molar-refractivity contribution in [2.45, 2.75) is 39.7 Å². The van der Waals surface area contributed by atoms with E-state index in [1.807, 2.05) is 24.3 Å². The molecule has 4 heteroatoms. The lowest BCUT2D eigenvalue weighted by Crippen LogP contribution is -2.33. The van der Waals surface area contributed by atoms with E-state index in [0.717, 1.165) is 12.8 Å². The SMILES string of the molecule is CCCc1ccc([C@@H](NCC(=O)Nc2ccccc2OC)C(C)C)cc1. The number of hydrogen-bond donors (Lipinski definition) is 2. The Kier molecular flexibility index (Phi) is 7.67. The van der Waals surface area contributed by atoms with Gasteiger partial charge in [-0.2, -0.15) is 0 Å². The molecule has 0 unspecified atom stereocenters. The van der Waals surface area contributed by atoms with Gasteiger partial charge in [-0.3, -0.25) is 4.79 Å². The molecule has 4 nitrogen and oxygen atoms in total. The number of nitrogens with one attached hydrogen (secondary N) is 2. The summed E-state index contributed by atoms with van der Waals surface area (Å²) in [5.74, 6) is 0.960. The molecule has 0 saturated heterocycles. The number of ether oxygens (including phenoxy) is 1. The second-order valence-electron chi connectivity index (χ2n) is 6.84. The van der Waals surface area contributed by atoms with Gasteiger partial charge in [0.05, 0.1) is 19.3 Å². The van der Waals surface area contributed by atoms with E-state index >= 15 is 0 Å². The predicted molar refractivity (Wildman–Crippen MR) is 108 cm³/mol. The minimum atomic E-state index is -0.0808. The molecule has 0 aliphatic carbocycles. The van der Waals surface area contributed by atoms with Crippen LogP contribution in [-0.2, 0) is 11.2 Å². The first-order valence-corrected chi connectivity index (χ1v) is 9.30. The maximum absolute atomic E-state index is 12.3. The number of rotatable bonds is 9. The molecule has 0 bridgehead atoms. The number of anilines is 1. The third kappa shape index (κ3) is 5.60. The molecule has 0 radical (unpaired) electrons. The van der Waals surface area contributed by atoms with Crippen molar-refractivity contribution >= 4 is 11.6 Å². The zero-order valence-electron chi connectivity index (χ0n) is 16.2. The van der Waals surface area contributed by atoms with Gasteiger partial charge in [-0.25, -0.2) is 0 Å². The van der Waals surface area contributed by atoms with Crippen LogP contribution in [0.1, 0.15) is 44.4 Å². The van der Waals surface area contributed by atoms with Crippen molar-refractivity contribution in [3.8, 4) is 5.75 Å². The zero-order chi connectivity index (χ0) is 18.9. The number of amides is 1. The Morgan fingerprint density at radius 3 is 2.38 bits per heavy atom. The molecular formula is C22H30N2O2. The van der Waals surface area contributed by atoms with Crippen molar-refractivity contribution in [2.24, 2.45) is 5.92 Å². The Labute approximate surface area is 157 Å². The van der Waals surface area contributed by atoms with E-state index in [9.17, 15) is 4.79 Å². The Balaban J connectivity index is 1.98. The van der Waals surface area contributed by atoms with E-state index in [1.54, 1.807) is 7.11 Å². The van der Waals surface area contributed by atoms with Gasteiger partial charge >= 0.3 is 0 Å². The number of hydrogen-bond acceptors (Lipinski definition) is 3. The maximum atomic E-state index is 12.3. The summed E-state index contributed by atoms with van der Waals surface area (Å²) in [4.78, 5) is 12.3. The normalized spacial score (nSPS) is 12.0. The van der Waals surface area contributed by atoms with Gasteiger partial charge in [-0.1, -0.05) is 63.6 Å². The molecular weight excluding hydrogens is 324 g/mol. The van der Waals surface area contributed by atoms with E-state index in [-0.39, 0.29) is 18.5 Å². The second-order valence-corrected chi connectivity index (χ2v) is 6.84. The molecule has 2 aromatic rings. The molecule has 0 heterocycles. The fourth-order valence-corrected chi connectivity index (χ4v) is 3.06. The minimum Gasteiger partial charge on any atom is -0.495 e. The highest BCUT2D eigenvalue weighted by Gasteiger charge is 2.17. The van der Waals surface area contributed by atoms with Crippen LogP contribution < -0.4 is 15.4 Å². The molecule has 0 aromatic heterocycles. The number of aryl methyl sites for hydroxylation is 1. The topological polar surface area (TPSA) is 50.4 Å². The van der Waals surface area contributed by atoms with Gasteiger partial charge in [0.2, 0.25) is 5.91 Å². The quantitative estimate of drug-likeness (QED) is 0.693. The van der Waals surface area contributed by atoms with Gasteiger partial charge in [-0.05, 0) is 35.6 Å². The lowest BCUT2D eigenvalue weighted by molar-refractivity contribution is -0.115. The Morgan fingerprint density at radius 1 is 1.08 bits per heavy atom. The molecule has 0 saturated carbocycles. The number of carbonyl (C=O) groups is 1. The van der Waals surface area contributed by atoms with Gasteiger partial charge in [0, 0.05) is 6.04 Å². The molecule has 26 heavy (non-hydrogen) atoms. The highest BCUT2D eigenvalue weighted by molar-refractivity contribution is 5.93.